The fraction of sp³-hybridized carbons (Fsp3) is 0.100. The van der Waals surface area contributed by atoms with E-state index in [9.17, 15) is 15.2 Å². The number of hydrogen-bond acceptors (Lipinski definition) is 5. The van der Waals surface area contributed by atoms with Crippen molar-refractivity contribution in [3.63, 3.8) is 0 Å². The van der Waals surface area contributed by atoms with Gasteiger partial charge in [-0.3, -0.25) is 15.1 Å². The number of aromatic nitrogens is 1. The first-order valence-electron chi connectivity index (χ1n) is 8.45. The highest BCUT2D eigenvalue weighted by molar-refractivity contribution is 8.93. The number of hydrogen-bond donors (Lipinski definition) is 0. The minimum absolute atomic E-state index is 0. The van der Waals surface area contributed by atoms with Gasteiger partial charge < -0.3 is 9.84 Å². The maximum absolute atomic E-state index is 12.1. The third kappa shape index (κ3) is 6.69. The Morgan fingerprint density at radius 1 is 1.10 bits per heavy atom. The Bertz CT molecular complexity index is 1060. The average Bonchev–Trinajstić information content (AvgIpc) is 2.69. The molecule has 0 aliphatic carbocycles. The van der Waals surface area contributed by atoms with Gasteiger partial charge in [-0.2, -0.15) is 4.57 Å². The first-order valence-corrected chi connectivity index (χ1v) is 9.21. The van der Waals surface area contributed by atoms with Crippen molar-refractivity contribution >= 4 is 57.5 Å². The topological polar surface area (TPSA) is 91.7 Å². The zero-order valence-corrected chi connectivity index (χ0v) is 18.6. The molecule has 0 aliphatic rings. The van der Waals surface area contributed by atoms with Crippen LogP contribution in [-0.2, 0) is 6.54 Å². The van der Waals surface area contributed by atoms with Gasteiger partial charge in [-0.1, -0.05) is 23.2 Å². The molecule has 0 radical (unpaired) electrons. The number of benzene rings is 2. The first kappa shape index (κ1) is 23.6. The monoisotopic (exact) mass is 511 g/mol. The normalized spacial score (nSPS) is 10.9. The van der Waals surface area contributed by atoms with Gasteiger partial charge in [0.1, 0.15) is 18.0 Å². The summed E-state index contributed by atoms with van der Waals surface area (Å²) < 4.78 is 7.21. The summed E-state index contributed by atoms with van der Waals surface area (Å²) in [6.45, 7) is 0.241. The lowest BCUT2D eigenvalue weighted by Crippen LogP contribution is -2.33. The minimum atomic E-state index is -0.454. The van der Waals surface area contributed by atoms with Crippen LogP contribution in [0.25, 0.3) is 0 Å². The van der Waals surface area contributed by atoms with Crippen LogP contribution in [0.2, 0.25) is 10.0 Å². The van der Waals surface area contributed by atoms with Crippen molar-refractivity contribution in [2.24, 2.45) is 4.99 Å². The van der Waals surface area contributed by atoms with Gasteiger partial charge in [0.2, 0.25) is 0 Å². The number of non-ortho nitro benzene ring substituents is 1. The van der Waals surface area contributed by atoms with E-state index < -0.39 is 10.8 Å². The highest BCUT2D eigenvalue weighted by atomic mass is 79.9. The Morgan fingerprint density at radius 3 is 2.50 bits per heavy atom. The van der Waals surface area contributed by atoms with E-state index in [2.05, 4.69) is 4.99 Å². The van der Waals surface area contributed by atoms with Gasteiger partial charge in [0.05, 0.1) is 15.0 Å². The SMILES string of the molecule is Br.O=[N+]([O-])c1ccc(C[n+]2cccc(N=C([O-])COc3ccc(Cl)c(Cl)c3)c2)cc1. The van der Waals surface area contributed by atoms with Crippen molar-refractivity contribution in [2.45, 2.75) is 6.54 Å². The van der Waals surface area contributed by atoms with Crippen molar-refractivity contribution in [2.75, 3.05) is 6.61 Å². The molecule has 156 valence electrons. The molecule has 1 heterocycles. The molecule has 2 aromatic carbocycles. The summed E-state index contributed by atoms with van der Waals surface area (Å²) in [7, 11) is 0. The summed E-state index contributed by atoms with van der Waals surface area (Å²) in [5.41, 5.74) is 1.39. The van der Waals surface area contributed by atoms with Crippen LogP contribution in [0.4, 0.5) is 11.4 Å². The number of ether oxygens (including phenoxy) is 1. The Kier molecular flexibility index (Phi) is 8.58. The third-order valence-corrected chi connectivity index (χ3v) is 4.60. The number of nitrogens with zero attached hydrogens (tertiary/aromatic N) is 3. The molecule has 0 unspecified atom stereocenters. The van der Waals surface area contributed by atoms with Crippen LogP contribution in [0.3, 0.4) is 0 Å². The number of nitro benzene ring substituents is 1. The lowest BCUT2D eigenvalue weighted by molar-refractivity contribution is -0.687. The molecule has 0 amide bonds. The summed E-state index contributed by atoms with van der Waals surface area (Å²) in [6.07, 6.45) is 3.52. The van der Waals surface area contributed by atoms with Gasteiger partial charge in [-0.05, 0) is 30.3 Å². The van der Waals surface area contributed by atoms with Gasteiger partial charge >= 0.3 is 0 Å². The van der Waals surface area contributed by atoms with Crippen LogP contribution in [0.15, 0.2) is 72.0 Å². The smallest absolute Gasteiger partial charge is 0.269 e. The second-order valence-corrected chi connectivity index (χ2v) is 6.84. The molecular formula is C20H16BrCl2N3O4. The number of aliphatic imine (C=N–C) groups is 1. The predicted octanol–water partition coefficient (Wildman–Crippen LogP) is 4.28. The quantitative estimate of drug-likeness (QED) is 0.155. The molecule has 7 nitrogen and oxygen atoms in total. The van der Waals surface area contributed by atoms with Crippen molar-refractivity contribution in [1.29, 1.82) is 0 Å². The largest absolute Gasteiger partial charge is 0.859 e. The van der Waals surface area contributed by atoms with Gasteiger partial charge in [0.15, 0.2) is 18.9 Å². The summed E-state index contributed by atoms with van der Waals surface area (Å²) in [5, 5.41) is 23.5. The lowest BCUT2D eigenvalue weighted by Gasteiger charge is -2.12. The van der Waals surface area contributed by atoms with E-state index in [1.807, 2.05) is 10.8 Å². The maximum atomic E-state index is 12.1. The number of halogens is 3. The predicted molar refractivity (Wildman–Crippen MR) is 118 cm³/mol. The molecule has 0 spiro atoms. The highest BCUT2D eigenvalue weighted by Crippen LogP contribution is 2.26. The highest BCUT2D eigenvalue weighted by Gasteiger charge is 2.08. The molecule has 3 aromatic rings. The Morgan fingerprint density at radius 2 is 1.83 bits per heavy atom. The van der Waals surface area contributed by atoms with Crippen LogP contribution in [-0.4, -0.2) is 17.4 Å². The summed E-state index contributed by atoms with van der Waals surface area (Å²) in [4.78, 5) is 14.3. The Balaban J connectivity index is 0.00000320. The van der Waals surface area contributed by atoms with E-state index in [1.165, 1.54) is 18.2 Å². The molecule has 10 heteroatoms. The van der Waals surface area contributed by atoms with E-state index in [1.54, 1.807) is 42.6 Å². The van der Waals surface area contributed by atoms with E-state index in [-0.39, 0.29) is 29.3 Å². The van der Waals surface area contributed by atoms with Gasteiger partial charge in [0.25, 0.3) is 5.69 Å². The minimum Gasteiger partial charge on any atom is -0.859 e. The molecule has 0 saturated heterocycles. The van der Waals surface area contributed by atoms with Gasteiger partial charge in [-0.25, -0.2) is 0 Å². The summed E-state index contributed by atoms with van der Waals surface area (Å²) >= 11 is 11.8. The Labute approximate surface area is 193 Å². The molecule has 0 atom stereocenters. The molecule has 0 saturated carbocycles. The molecule has 3 rings (SSSR count). The molecule has 0 N–H and O–H groups in total. The summed E-state index contributed by atoms with van der Waals surface area (Å²) in [6, 6.07) is 14.5. The second-order valence-electron chi connectivity index (χ2n) is 6.03. The molecule has 1 aromatic heterocycles. The lowest BCUT2D eigenvalue weighted by atomic mass is 10.2. The van der Waals surface area contributed by atoms with E-state index in [4.69, 9.17) is 27.9 Å². The number of nitro groups is 1. The van der Waals surface area contributed by atoms with Gasteiger partial charge in [-0.15, -0.1) is 17.0 Å². The van der Waals surface area contributed by atoms with Crippen LogP contribution in [0.1, 0.15) is 5.56 Å². The molecule has 30 heavy (non-hydrogen) atoms. The third-order valence-electron chi connectivity index (χ3n) is 3.86. The van der Waals surface area contributed by atoms with E-state index in [0.29, 0.717) is 28.0 Å². The molecule has 0 aliphatic heterocycles. The van der Waals surface area contributed by atoms with Crippen LogP contribution < -0.4 is 14.4 Å². The second kappa shape index (κ2) is 10.9. The van der Waals surface area contributed by atoms with E-state index in [0.717, 1.165) is 5.56 Å². The van der Waals surface area contributed by atoms with Crippen molar-refractivity contribution < 1.29 is 19.3 Å². The fourth-order valence-electron chi connectivity index (χ4n) is 2.49. The molecule has 0 fully saturated rings. The zero-order chi connectivity index (χ0) is 20.8. The first-order chi connectivity index (χ1) is 13.9. The average molecular weight is 513 g/mol. The zero-order valence-electron chi connectivity index (χ0n) is 15.4. The number of rotatable bonds is 7. The van der Waals surface area contributed by atoms with Crippen LogP contribution in [0, 0.1) is 10.1 Å². The van der Waals surface area contributed by atoms with Crippen LogP contribution >= 0.6 is 40.2 Å². The molecular weight excluding hydrogens is 497 g/mol. The van der Waals surface area contributed by atoms with Gasteiger partial charge in [0, 0.05) is 35.7 Å². The standard InChI is InChI=1S/C20H15Cl2N3O4.BrH/c21-18-8-7-17(10-19(18)22)29-13-20(26)23-15-2-1-9-24(12-15)11-14-3-5-16(6-4-14)25(27)28;/h1-10,12H,11,13H2;1H. The van der Waals surface area contributed by atoms with Crippen LogP contribution in [0.5, 0.6) is 5.75 Å². The fourth-order valence-corrected chi connectivity index (χ4v) is 2.78. The summed E-state index contributed by atoms with van der Waals surface area (Å²) in [5.74, 6) is -0.0339. The Hall–Kier alpha value is -2.68. The van der Waals surface area contributed by atoms with Crippen molar-refractivity contribution in [3.05, 3.63) is 92.7 Å². The number of pyridine rings is 1. The van der Waals surface area contributed by atoms with Crippen molar-refractivity contribution in [1.82, 2.24) is 0 Å². The van der Waals surface area contributed by atoms with E-state index >= 15 is 0 Å². The molecule has 0 bridgehead atoms. The maximum Gasteiger partial charge on any atom is 0.269 e. The van der Waals surface area contributed by atoms with Crippen molar-refractivity contribution in [3.8, 4) is 5.75 Å².